The number of hydrogen-bond donors (Lipinski definition) is 1. The lowest BCUT2D eigenvalue weighted by Gasteiger charge is -2.13. The van der Waals surface area contributed by atoms with Gasteiger partial charge in [-0.25, -0.2) is 0 Å². The number of carbonyl (C=O) groups is 1. The van der Waals surface area contributed by atoms with Gasteiger partial charge in [0.2, 0.25) is 5.91 Å². The van der Waals surface area contributed by atoms with E-state index in [1.54, 1.807) is 0 Å². The van der Waals surface area contributed by atoms with Gasteiger partial charge < -0.3 is 5.32 Å². The van der Waals surface area contributed by atoms with Gasteiger partial charge in [0, 0.05) is 18.1 Å². The summed E-state index contributed by atoms with van der Waals surface area (Å²) < 4.78 is 0. The second-order valence-electron chi connectivity index (χ2n) is 5.33. The molecule has 2 unspecified atom stereocenters. The highest BCUT2D eigenvalue weighted by atomic mass is 35.5. The number of nitro benzene ring substituents is 1. The summed E-state index contributed by atoms with van der Waals surface area (Å²) in [6, 6.07) is 4.06. The number of benzene rings is 1. The molecular formula is C13H13ClN2O3. The van der Waals surface area contributed by atoms with Gasteiger partial charge in [-0.3, -0.25) is 14.9 Å². The summed E-state index contributed by atoms with van der Waals surface area (Å²) in [5.74, 6) is 1.39. The van der Waals surface area contributed by atoms with Crippen LogP contribution >= 0.6 is 11.6 Å². The average molecular weight is 281 g/mol. The van der Waals surface area contributed by atoms with E-state index in [1.165, 1.54) is 24.6 Å². The second kappa shape index (κ2) is 4.49. The van der Waals surface area contributed by atoms with Gasteiger partial charge in [-0.2, -0.15) is 0 Å². The molecule has 1 aromatic rings. The molecule has 2 aliphatic rings. The van der Waals surface area contributed by atoms with E-state index < -0.39 is 4.92 Å². The maximum absolute atomic E-state index is 12.1. The van der Waals surface area contributed by atoms with Crippen molar-refractivity contribution in [1.29, 1.82) is 0 Å². The quantitative estimate of drug-likeness (QED) is 0.682. The third-order valence-electron chi connectivity index (χ3n) is 4.03. The molecule has 0 aliphatic heterocycles. The number of nitro groups is 1. The molecule has 2 atom stereocenters. The fraction of sp³-hybridized carbons (Fsp3) is 0.462. The van der Waals surface area contributed by atoms with E-state index >= 15 is 0 Å². The Morgan fingerprint density at radius 3 is 2.63 bits per heavy atom. The minimum absolute atomic E-state index is 0.0269. The van der Waals surface area contributed by atoms with Crippen molar-refractivity contribution in [1.82, 2.24) is 0 Å². The number of hydrogen-bond acceptors (Lipinski definition) is 3. The Bertz CT molecular complexity index is 551. The fourth-order valence-electron chi connectivity index (χ4n) is 2.89. The molecule has 1 amide bonds. The zero-order chi connectivity index (χ0) is 13.6. The topological polar surface area (TPSA) is 72.2 Å². The largest absolute Gasteiger partial charge is 0.324 e. The molecule has 2 saturated carbocycles. The predicted molar refractivity (Wildman–Crippen MR) is 71.1 cm³/mol. The van der Waals surface area contributed by atoms with E-state index in [-0.39, 0.29) is 17.5 Å². The van der Waals surface area contributed by atoms with Gasteiger partial charge in [-0.15, -0.1) is 0 Å². The number of non-ortho nitro benzene ring substituents is 1. The van der Waals surface area contributed by atoms with Crippen LogP contribution in [0.25, 0.3) is 0 Å². The lowest BCUT2D eigenvalue weighted by molar-refractivity contribution is -0.384. The maximum Gasteiger partial charge on any atom is 0.271 e. The highest BCUT2D eigenvalue weighted by molar-refractivity contribution is 6.33. The molecular weight excluding hydrogens is 268 g/mol. The summed E-state index contributed by atoms with van der Waals surface area (Å²) in [6.45, 7) is 0. The lowest BCUT2D eigenvalue weighted by atomic mass is 10.0. The monoisotopic (exact) mass is 280 g/mol. The van der Waals surface area contributed by atoms with Crippen LogP contribution in [0.15, 0.2) is 18.2 Å². The third kappa shape index (κ3) is 2.42. The number of nitrogens with one attached hydrogen (secondary N) is 1. The molecule has 100 valence electrons. The number of carbonyl (C=O) groups excluding carboxylic acids is 1. The van der Waals surface area contributed by atoms with Crippen molar-refractivity contribution in [2.45, 2.75) is 19.3 Å². The number of fused-ring (bicyclic) bond motifs is 1. The second-order valence-corrected chi connectivity index (χ2v) is 5.74. The van der Waals surface area contributed by atoms with Gasteiger partial charge in [-0.05, 0) is 37.2 Å². The molecule has 0 bridgehead atoms. The van der Waals surface area contributed by atoms with Gasteiger partial charge in [-0.1, -0.05) is 11.6 Å². The van der Waals surface area contributed by atoms with Crippen molar-refractivity contribution in [3.05, 3.63) is 33.3 Å². The molecule has 0 saturated heterocycles. The Balaban J connectivity index is 1.73. The summed E-state index contributed by atoms with van der Waals surface area (Å²) in [6.07, 6.45) is 3.12. The Morgan fingerprint density at radius 1 is 1.32 bits per heavy atom. The number of nitrogens with zero attached hydrogens (tertiary/aromatic N) is 1. The van der Waals surface area contributed by atoms with Crippen LogP contribution in [0.5, 0.6) is 0 Å². The van der Waals surface area contributed by atoms with E-state index in [4.69, 9.17) is 11.6 Å². The number of anilines is 1. The summed E-state index contributed by atoms with van der Waals surface area (Å²) in [5, 5.41) is 13.7. The first-order valence-corrected chi connectivity index (χ1v) is 6.67. The van der Waals surface area contributed by atoms with Crippen molar-refractivity contribution in [3.8, 4) is 0 Å². The van der Waals surface area contributed by atoms with Crippen molar-refractivity contribution in [2.24, 2.45) is 17.8 Å². The van der Waals surface area contributed by atoms with E-state index in [0.717, 1.165) is 24.7 Å². The molecule has 0 radical (unpaired) electrons. The van der Waals surface area contributed by atoms with Crippen LogP contribution in [-0.4, -0.2) is 10.8 Å². The molecule has 6 heteroatoms. The zero-order valence-electron chi connectivity index (χ0n) is 10.1. The van der Waals surface area contributed by atoms with Crippen LogP contribution in [-0.2, 0) is 4.79 Å². The van der Waals surface area contributed by atoms with Gasteiger partial charge in [0.25, 0.3) is 5.69 Å². The summed E-state index contributed by atoms with van der Waals surface area (Å²) in [7, 11) is 0. The van der Waals surface area contributed by atoms with Crippen molar-refractivity contribution < 1.29 is 9.72 Å². The Labute approximate surface area is 115 Å². The minimum atomic E-state index is -0.503. The Morgan fingerprint density at radius 2 is 2.00 bits per heavy atom. The summed E-state index contributed by atoms with van der Waals surface area (Å²) in [5.41, 5.74) is 0.246. The van der Waals surface area contributed by atoms with Crippen molar-refractivity contribution in [2.75, 3.05) is 5.32 Å². The standard InChI is InChI=1S/C13H13ClN2O3/c14-11-2-1-10(16(18)19)6-12(11)15-13(17)9-4-7-3-8(7)5-9/h1-2,6-9H,3-5H2,(H,15,17). The van der Waals surface area contributed by atoms with Crippen LogP contribution in [0.2, 0.25) is 5.02 Å². The van der Waals surface area contributed by atoms with Crippen molar-refractivity contribution in [3.63, 3.8) is 0 Å². The highest BCUT2D eigenvalue weighted by Crippen LogP contribution is 2.54. The molecule has 3 rings (SSSR count). The zero-order valence-corrected chi connectivity index (χ0v) is 10.9. The molecule has 2 fully saturated rings. The molecule has 19 heavy (non-hydrogen) atoms. The molecule has 0 spiro atoms. The summed E-state index contributed by atoms with van der Waals surface area (Å²) >= 11 is 5.95. The minimum Gasteiger partial charge on any atom is -0.324 e. The van der Waals surface area contributed by atoms with Crippen LogP contribution < -0.4 is 5.32 Å². The van der Waals surface area contributed by atoms with E-state index in [9.17, 15) is 14.9 Å². The molecule has 0 heterocycles. The van der Waals surface area contributed by atoms with Crippen LogP contribution in [0.3, 0.4) is 0 Å². The Hall–Kier alpha value is -1.62. The van der Waals surface area contributed by atoms with E-state index in [2.05, 4.69) is 5.32 Å². The SMILES string of the molecule is O=C(Nc1cc([N+](=O)[O-])ccc1Cl)C1CC2CC2C1. The first-order valence-electron chi connectivity index (χ1n) is 6.29. The smallest absolute Gasteiger partial charge is 0.271 e. The first kappa shape index (κ1) is 12.4. The molecule has 1 N–H and O–H groups in total. The van der Waals surface area contributed by atoms with Crippen LogP contribution in [0.1, 0.15) is 19.3 Å². The normalized spacial score (nSPS) is 27.7. The molecule has 0 aromatic heterocycles. The van der Waals surface area contributed by atoms with Crippen LogP contribution in [0.4, 0.5) is 11.4 Å². The first-order chi connectivity index (χ1) is 9.04. The third-order valence-corrected chi connectivity index (χ3v) is 4.36. The van der Waals surface area contributed by atoms with E-state index in [1.807, 2.05) is 0 Å². The average Bonchev–Trinajstić information content (AvgIpc) is 2.98. The van der Waals surface area contributed by atoms with E-state index in [0.29, 0.717) is 10.7 Å². The predicted octanol–water partition coefficient (Wildman–Crippen LogP) is 3.23. The number of halogens is 1. The van der Waals surface area contributed by atoms with Gasteiger partial charge >= 0.3 is 0 Å². The highest BCUT2D eigenvalue weighted by Gasteiger charge is 2.48. The fourth-order valence-corrected chi connectivity index (χ4v) is 3.05. The van der Waals surface area contributed by atoms with Crippen LogP contribution in [0, 0.1) is 27.9 Å². The number of rotatable bonds is 3. The van der Waals surface area contributed by atoms with Gasteiger partial charge in [0.1, 0.15) is 0 Å². The molecule has 2 aliphatic carbocycles. The maximum atomic E-state index is 12.1. The summed E-state index contributed by atoms with van der Waals surface area (Å²) in [4.78, 5) is 22.3. The van der Waals surface area contributed by atoms with Gasteiger partial charge in [0.15, 0.2) is 0 Å². The Kier molecular flexibility index (Phi) is 2.93. The lowest BCUT2D eigenvalue weighted by Crippen LogP contribution is -2.21. The number of amides is 1. The molecule has 5 nitrogen and oxygen atoms in total. The van der Waals surface area contributed by atoms with Crippen molar-refractivity contribution >= 4 is 28.9 Å². The van der Waals surface area contributed by atoms with Gasteiger partial charge in [0.05, 0.1) is 15.6 Å². The molecule has 1 aromatic carbocycles.